The third-order valence-corrected chi connectivity index (χ3v) is 2.99. The zero-order valence-electron chi connectivity index (χ0n) is 11.3. The van der Waals surface area contributed by atoms with Gasteiger partial charge in [-0.3, -0.25) is 0 Å². The monoisotopic (exact) mass is 259 g/mol. The van der Waals surface area contributed by atoms with Crippen molar-refractivity contribution in [2.24, 2.45) is 0 Å². The molecule has 0 atom stereocenters. The molecular weight excluding hydrogens is 242 g/mol. The van der Waals surface area contributed by atoms with Gasteiger partial charge in [-0.1, -0.05) is 6.92 Å². The summed E-state index contributed by atoms with van der Waals surface area (Å²) in [5.41, 5.74) is 8.59. The molecule has 1 aromatic carbocycles. The van der Waals surface area contributed by atoms with Crippen molar-refractivity contribution in [3.05, 3.63) is 30.1 Å². The third kappa shape index (κ3) is 2.45. The number of aromatic nitrogens is 2. The van der Waals surface area contributed by atoms with Crippen LogP contribution in [-0.4, -0.2) is 24.2 Å². The Kier molecular flexibility index (Phi) is 3.85. The van der Waals surface area contributed by atoms with Gasteiger partial charge in [0.25, 0.3) is 0 Å². The van der Waals surface area contributed by atoms with E-state index in [9.17, 15) is 0 Å². The van der Waals surface area contributed by atoms with E-state index in [0.717, 1.165) is 23.2 Å². The molecular formula is C14H17N3O2. The van der Waals surface area contributed by atoms with Crippen molar-refractivity contribution in [1.29, 1.82) is 0 Å². The van der Waals surface area contributed by atoms with E-state index in [1.807, 2.05) is 25.1 Å². The van der Waals surface area contributed by atoms with Crippen LogP contribution >= 0.6 is 0 Å². The number of anilines is 1. The van der Waals surface area contributed by atoms with Gasteiger partial charge in [0.15, 0.2) is 11.5 Å². The second-order valence-electron chi connectivity index (χ2n) is 4.01. The van der Waals surface area contributed by atoms with Crippen molar-refractivity contribution in [2.75, 3.05) is 20.0 Å². The lowest BCUT2D eigenvalue weighted by Crippen LogP contribution is -2.01. The third-order valence-electron chi connectivity index (χ3n) is 2.99. The molecule has 0 spiro atoms. The average Bonchev–Trinajstić information content (AvgIpc) is 2.46. The summed E-state index contributed by atoms with van der Waals surface area (Å²) in [7, 11) is 3.22. The molecule has 2 N–H and O–H groups in total. The number of methoxy groups -OCH3 is 2. The van der Waals surface area contributed by atoms with Gasteiger partial charge in [-0.25, -0.2) is 9.97 Å². The number of ether oxygens (including phenoxy) is 2. The van der Waals surface area contributed by atoms with Crippen molar-refractivity contribution in [1.82, 2.24) is 9.97 Å². The zero-order chi connectivity index (χ0) is 13.8. The largest absolute Gasteiger partial charge is 0.493 e. The summed E-state index contributed by atoms with van der Waals surface area (Å²) in [5, 5.41) is 0. The average molecular weight is 259 g/mol. The van der Waals surface area contributed by atoms with E-state index in [1.54, 1.807) is 14.2 Å². The van der Waals surface area contributed by atoms with E-state index in [2.05, 4.69) is 9.97 Å². The Morgan fingerprint density at radius 3 is 2.47 bits per heavy atom. The van der Waals surface area contributed by atoms with Gasteiger partial charge in [0.05, 0.1) is 19.9 Å². The topological polar surface area (TPSA) is 70.3 Å². The number of hydrogen-bond acceptors (Lipinski definition) is 5. The first-order valence-electron chi connectivity index (χ1n) is 6.03. The zero-order valence-corrected chi connectivity index (χ0v) is 11.3. The second-order valence-corrected chi connectivity index (χ2v) is 4.01. The molecule has 5 heteroatoms. The Balaban J connectivity index is 2.56. The summed E-state index contributed by atoms with van der Waals surface area (Å²) in [5.74, 6) is 1.87. The fourth-order valence-electron chi connectivity index (χ4n) is 2.01. The van der Waals surface area contributed by atoms with Crippen LogP contribution in [0.4, 0.5) is 5.82 Å². The summed E-state index contributed by atoms with van der Waals surface area (Å²) >= 11 is 0. The molecule has 0 radical (unpaired) electrons. The minimum absolute atomic E-state index is 0.516. The molecule has 2 aromatic rings. The van der Waals surface area contributed by atoms with Gasteiger partial charge in [0.2, 0.25) is 0 Å². The van der Waals surface area contributed by atoms with E-state index in [1.165, 1.54) is 6.33 Å². The number of hydrogen-bond donors (Lipinski definition) is 1. The van der Waals surface area contributed by atoms with Crippen LogP contribution in [0.15, 0.2) is 24.5 Å². The van der Waals surface area contributed by atoms with Crippen molar-refractivity contribution in [3.8, 4) is 22.8 Å². The van der Waals surface area contributed by atoms with Crippen molar-refractivity contribution in [2.45, 2.75) is 13.3 Å². The fraction of sp³-hybridized carbons (Fsp3) is 0.286. The van der Waals surface area contributed by atoms with Gasteiger partial charge in [0, 0.05) is 11.1 Å². The van der Waals surface area contributed by atoms with Crippen molar-refractivity contribution < 1.29 is 9.47 Å². The number of nitrogens with two attached hydrogens (primary N) is 1. The molecule has 0 aliphatic heterocycles. The molecule has 100 valence electrons. The SMILES string of the molecule is CCc1c(N)ncnc1-c1ccc(OC)c(OC)c1. The summed E-state index contributed by atoms with van der Waals surface area (Å²) in [4.78, 5) is 8.35. The molecule has 0 amide bonds. The summed E-state index contributed by atoms with van der Waals surface area (Å²) < 4.78 is 10.5. The Labute approximate surface area is 112 Å². The van der Waals surface area contributed by atoms with E-state index in [-0.39, 0.29) is 0 Å². The highest BCUT2D eigenvalue weighted by atomic mass is 16.5. The predicted octanol–water partition coefficient (Wildman–Crippen LogP) is 2.31. The van der Waals surface area contributed by atoms with Gasteiger partial charge in [-0.15, -0.1) is 0 Å². The maximum absolute atomic E-state index is 5.89. The smallest absolute Gasteiger partial charge is 0.161 e. The first-order valence-corrected chi connectivity index (χ1v) is 6.03. The molecule has 0 aliphatic rings. The van der Waals surface area contributed by atoms with Gasteiger partial charge < -0.3 is 15.2 Å². The number of nitrogen functional groups attached to an aromatic ring is 1. The standard InChI is InChI=1S/C14H17N3O2/c1-4-10-13(16-8-17-14(10)15)9-5-6-11(18-2)12(7-9)19-3/h5-8H,4H2,1-3H3,(H2,15,16,17). The highest BCUT2D eigenvalue weighted by Crippen LogP contribution is 2.33. The summed E-state index contributed by atoms with van der Waals surface area (Å²) in [6.45, 7) is 2.03. The fourth-order valence-corrected chi connectivity index (χ4v) is 2.01. The van der Waals surface area contributed by atoms with E-state index >= 15 is 0 Å². The Hall–Kier alpha value is -2.30. The van der Waals surface area contributed by atoms with Gasteiger partial charge in [-0.05, 0) is 24.6 Å². The quantitative estimate of drug-likeness (QED) is 0.912. The normalized spacial score (nSPS) is 10.3. The number of benzene rings is 1. The van der Waals surface area contributed by atoms with Gasteiger partial charge in [0.1, 0.15) is 12.1 Å². The highest BCUT2D eigenvalue weighted by molar-refractivity contribution is 5.70. The van der Waals surface area contributed by atoms with Crippen molar-refractivity contribution in [3.63, 3.8) is 0 Å². The molecule has 0 unspecified atom stereocenters. The molecule has 0 aliphatic carbocycles. The van der Waals surface area contributed by atoms with Gasteiger partial charge >= 0.3 is 0 Å². The molecule has 19 heavy (non-hydrogen) atoms. The maximum atomic E-state index is 5.89. The second kappa shape index (κ2) is 5.56. The Morgan fingerprint density at radius 1 is 1.11 bits per heavy atom. The molecule has 0 saturated carbocycles. The Morgan fingerprint density at radius 2 is 1.84 bits per heavy atom. The van der Waals surface area contributed by atoms with Crippen LogP contribution < -0.4 is 15.2 Å². The molecule has 0 saturated heterocycles. The molecule has 2 rings (SSSR count). The molecule has 5 nitrogen and oxygen atoms in total. The van der Waals surface area contributed by atoms with E-state index in [0.29, 0.717) is 17.3 Å². The van der Waals surface area contributed by atoms with Crippen LogP contribution in [-0.2, 0) is 6.42 Å². The van der Waals surface area contributed by atoms with Gasteiger partial charge in [-0.2, -0.15) is 0 Å². The first kappa shape index (κ1) is 13.1. The lowest BCUT2D eigenvalue weighted by atomic mass is 10.0. The van der Waals surface area contributed by atoms with Crippen LogP contribution in [0, 0.1) is 0 Å². The van der Waals surface area contributed by atoms with Crippen LogP contribution in [0.1, 0.15) is 12.5 Å². The molecule has 1 aromatic heterocycles. The minimum Gasteiger partial charge on any atom is -0.493 e. The first-order chi connectivity index (χ1) is 9.21. The highest BCUT2D eigenvalue weighted by Gasteiger charge is 2.12. The van der Waals surface area contributed by atoms with Crippen LogP contribution in [0.25, 0.3) is 11.3 Å². The molecule has 0 fully saturated rings. The van der Waals surface area contributed by atoms with Crippen molar-refractivity contribution >= 4 is 5.82 Å². The number of nitrogens with zero attached hydrogens (tertiary/aromatic N) is 2. The summed E-state index contributed by atoms with van der Waals surface area (Å²) in [6.07, 6.45) is 2.25. The maximum Gasteiger partial charge on any atom is 0.161 e. The Bertz CT molecular complexity index is 585. The predicted molar refractivity (Wildman–Crippen MR) is 74.4 cm³/mol. The summed E-state index contributed by atoms with van der Waals surface area (Å²) in [6, 6.07) is 5.67. The van der Waals surface area contributed by atoms with Crippen LogP contribution in [0.2, 0.25) is 0 Å². The van der Waals surface area contributed by atoms with E-state index in [4.69, 9.17) is 15.2 Å². The number of rotatable bonds is 4. The van der Waals surface area contributed by atoms with Crippen LogP contribution in [0.5, 0.6) is 11.5 Å². The minimum atomic E-state index is 0.516. The van der Waals surface area contributed by atoms with E-state index < -0.39 is 0 Å². The van der Waals surface area contributed by atoms with Crippen LogP contribution in [0.3, 0.4) is 0 Å². The lowest BCUT2D eigenvalue weighted by molar-refractivity contribution is 0.355. The lowest BCUT2D eigenvalue weighted by Gasteiger charge is -2.12. The molecule has 0 bridgehead atoms. The molecule has 1 heterocycles.